The van der Waals surface area contributed by atoms with Gasteiger partial charge in [0.05, 0.1) is 5.41 Å². The highest BCUT2D eigenvalue weighted by atomic mass is 32.2. The first-order chi connectivity index (χ1) is 26.4. The summed E-state index contributed by atoms with van der Waals surface area (Å²) in [5.41, 5.74) is 3.76. The highest BCUT2D eigenvalue weighted by Crippen LogP contribution is 2.51. The lowest BCUT2D eigenvalue weighted by atomic mass is 9.77. The van der Waals surface area contributed by atoms with Gasteiger partial charge in [0.2, 0.25) is 5.69 Å². The van der Waals surface area contributed by atoms with Gasteiger partial charge in [0, 0.05) is 93.4 Å². The molecule has 0 bridgehead atoms. The van der Waals surface area contributed by atoms with Gasteiger partial charge in [-0.3, -0.25) is 14.6 Å². The minimum atomic E-state index is -2.58. The number of allylic oxidation sites excluding steroid dienone is 5. The summed E-state index contributed by atoms with van der Waals surface area (Å²) < 4.78 is 38.3. The molecule has 0 atom stereocenters. The van der Waals surface area contributed by atoms with E-state index in [0.717, 1.165) is 69.4 Å². The Kier molecular flexibility index (Phi) is 13.2. The van der Waals surface area contributed by atoms with Crippen molar-refractivity contribution in [3.63, 3.8) is 0 Å². The van der Waals surface area contributed by atoms with Gasteiger partial charge in [0.15, 0.2) is 11.5 Å². The van der Waals surface area contributed by atoms with Crippen LogP contribution in [0, 0.1) is 0 Å². The Bertz CT molecular complexity index is 2170. The van der Waals surface area contributed by atoms with Gasteiger partial charge in [-0.25, -0.2) is 0 Å². The van der Waals surface area contributed by atoms with Crippen LogP contribution in [0.3, 0.4) is 0 Å². The number of unbranched alkanes of at least 4 members (excludes halogenated alkanes) is 2. The number of benzene rings is 2. The zero-order valence-corrected chi connectivity index (χ0v) is 37.8. The van der Waals surface area contributed by atoms with Crippen molar-refractivity contribution in [2.24, 2.45) is 0 Å². The summed E-state index contributed by atoms with van der Waals surface area (Å²) in [5, 5.41) is 29.4. The lowest BCUT2D eigenvalue weighted by molar-refractivity contribution is -0.777. The summed E-state index contributed by atoms with van der Waals surface area (Å²) >= 11 is 0.900. The van der Waals surface area contributed by atoms with Crippen LogP contribution in [0.2, 0.25) is 0 Å². The van der Waals surface area contributed by atoms with Gasteiger partial charge in [-0.05, 0) is 116 Å². The number of hydrogen-bond acceptors (Lipinski definition) is 11. The zero-order valence-electron chi connectivity index (χ0n) is 35.1. The fourth-order valence-electron chi connectivity index (χ4n) is 7.81. The third-order valence-electron chi connectivity index (χ3n) is 10.9. The van der Waals surface area contributed by atoms with E-state index in [1.807, 2.05) is 71.0 Å². The molecule has 1 aliphatic carbocycles. The zero-order chi connectivity index (χ0) is 42.3. The maximum Gasteiger partial charge on any atom is 0.306 e. The van der Waals surface area contributed by atoms with E-state index < -0.39 is 30.7 Å². The summed E-state index contributed by atoms with van der Waals surface area (Å²) in [6.07, 6.45) is 6.57. The standard InChI is InChI=1S/C43H58N2O9P2S/c1-41(2,3)52-38(46)16-13-12-14-21-44-34-19-17-28(55(8,9)50)24-32(34)42(4,5)36(44)26-30-39(47)31(40(30)48)27-37-43(6,7)33-25-29(56(10,11)51)18-20-35(33)45(37)22-15-23-57-54-53-49/h17-20,24-27H,12-16,21-23H2,1-11H3,(H-,47,49)/p-1. The summed E-state index contributed by atoms with van der Waals surface area (Å²) in [6.45, 7) is 21.8. The first-order valence-corrected chi connectivity index (χ1v) is 25.5. The van der Waals surface area contributed by atoms with Gasteiger partial charge < -0.3 is 29.1 Å². The predicted molar refractivity (Wildman–Crippen MR) is 226 cm³/mol. The Labute approximate surface area is 342 Å². The molecule has 14 heteroatoms. The fraction of sp³-hybridized carbons (Fsp3) is 0.512. The highest BCUT2D eigenvalue weighted by Gasteiger charge is 2.47. The minimum Gasteiger partial charge on any atom is -0.871 e. The van der Waals surface area contributed by atoms with E-state index in [1.54, 1.807) is 38.8 Å². The van der Waals surface area contributed by atoms with Crippen LogP contribution in [0.5, 0.6) is 0 Å². The molecule has 5 rings (SSSR count). The second kappa shape index (κ2) is 16.8. The Balaban J connectivity index is 1.50. The van der Waals surface area contributed by atoms with Crippen molar-refractivity contribution in [2.75, 3.05) is 50.4 Å². The van der Waals surface area contributed by atoms with Gasteiger partial charge in [0.1, 0.15) is 26.4 Å². The first-order valence-electron chi connectivity index (χ1n) is 19.4. The molecule has 2 aliphatic heterocycles. The van der Waals surface area contributed by atoms with Crippen LogP contribution >= 0.6 is 26.3 Å². The number of esters is 1. The molecule has 0 fully saturated rings. The highest BCUT2D eigenvalue weighted by molar-refractivity contribution is 7.94. The normalized spacial score (nSPS) is 19.1. The molecule has 0 saturated carbocycles. The second-order valence-corrected chi connectivity index (χ2v) is 25.1. The SMILES string of the molecule is CC(C)(C)OC(=O)CCCCCN1/C(=C/C2=C([O-])C(=CC3=[N+](CCCSOO[O-])c4ccc(P(C)(C)=O)cc4C3(C)C)C2=O)C(C)(C)c2cc(P(C)(C)=O)ccc21. The number of Topliss-reactive ketones (excluding diaryl/α,β-unsaturated/α-hetero) is 1. The number of hydrogen-bond donors (Lipinski definition) is 0. The summed E-state index contributed by atoms with van der Waals surface area (Å²) in [6, 6.07) is 11.7. The molecule has 0 saturated heterocycles. The van der Waals surface area contributed by atoms with Gasteiger partial charge in [-0.1, -0.05) is 26.0 Å². The topological polar surface area (TPSA) is 148 Å². The van der Waals surface area contributed by atoms with E-state index in [9.17, 15) is 29.1 Å². The molecule has 3 aliphatic rings. The molecule has 310 valence electrons. The maximum absolute atomic E-state index is 14.1. The van der Waals surface area contributed by atoms with Crippen LogP contribution in [0.1, 0.15) is 91.7 Å². The lowest BCUT2D eigenvalue weighted by Crippen LogP contribution is -2.35. The van der Waals surface area contributed by atoms with Gasteiger partial charge >= 0.3 is 5.97 Å². The Hall–Kier alpha value is -3.24. The quantitative estimate of drug-likeness (QED) is 0.0266. The number of nitrogens with zero attached hydrogens (tertiary/aromatic N) is 2. The van der Waals surface area contributed by atoms with Crippen molar-refractivity contribution in [1.82, 2.24) is 0 Å². The molecular weight excluding hydrogens is 782 g/mol. The summed E-state index contributed by atoms with van der Waals surface area (Å²) in [4.78, 5) is 28.6. The number of rotatable bonds is 16. The summed E-state index contributed by atoms with van der Waals surface area (Å²) in [5.74, 6) is -0.441. The van der Waals surface area contributed by atoms with Gasteiger partial charge in [0.25, 0.3) is 0 Å². The van der Waals surface area contributed by atoms with Crippen LogP contribution in [0.25, 0.3) is 0 Å². The fourth-order valence-corrected chi connectivity index (χ4v) is 9.91. The van der Waals surface area contributed by atoms with Crippen LogP contribution in [-0.4, -0.2) is 73.1 Å². The van der Waals surface area contributed by atoms with Crippen molar-refractivity contribution in [3.05, 3.63) is 82.3 Å². The number of carbonyl (C=O) groups is 2. The number of fused-ring (bicyclic) bond motifs is 2. The van der Waals surface area contributed by atoms with Crippen molar-refractivity contribution in [1.29, 1.82) is 0 Å². The van der Waals surface area contributed by atoms with Crippen LogP contribution in [-0.2, 0) is 43.7 Å². The smallest absolute Gasteiger partial charge is 0.306 e. The van der Waals surface area contributed by atoms with Crippen LogP contribution in [0.4, 0.5) is 11.4 Å². The molecule has 0 unspecified atom stereocenters. The Morgan fingerprint density at radius 3 is 2.12 bits per heavy atom. The van der Waals surface area contributed by atoms with Gasteiger partial charge in [-0.15, -0.1) is 0 Å². The second-order valence-electron chi connectivity index (χ2n) is 17.9. The largest absolute Gasteiger partial charge is 0.871 e. The minimum absolute atomic E-state index is 0.0965. The molecule has 0 N–H and O–H groups in total. The number of anilines is 1. The van der Waals surface area contributed by atoms with E-state index >= 15 is 0 Å². The maximum atomic E-state index is 14.1. The molecule has 0 aromatic heterocycles. The molecule has 2 aromatic rings. The van der Waals surface area contributed by atoms with Crippen LogP contribution < -0.4 is 25.9 Å². The number of ketones is 1. The average molecular weight is 840 g/mol. The average Bonchev–Trinajstić information content (AvgIpc) is 3.44. The predicted octanol–water partition coefficient (Wildman–Crippen LogP) is 6.53. The van der Waals surface area contributed by atoms with Gasteiger partial charge in [-0.2, -0.15) is 8.91 Å². The van der Waals surface area contributed by atoms with E-state index in [0.29, 0.717) is 38.1 Å². The number of ether oxygens (including phenoxy) is 1. The van der Waals surface area contributed by atoms with Crippen molar-refractivity contribution >= 4 is 65.8 Å². The first kappa shape index (κ1) is 44.9. The summed E-state index contributed by atoms with van der Waals surface area (Å²) in [7, 11) is -5.15. The molecule has 2 aromatic carbocycles. The Morgan fingerprint density at radius 2 is 1.53 bits per heavy atom. The molecule has 0 spiro atoms. The Morgan fingerprint density at radius 1 is 0.895 bits per heavy atom. The third kappa shape index (κ3) is 9.64. The molecule has 0 radical (unpaired) electrons. The van der Waals surface area contributed by atoms with Crippen molar-refractivity contribution in [3.8, 4) is 0 Å². The van der Waals surface area contributed by atoms with Crippen molar-refractivity contribution < 1.29 is 47.8 Å². The molecule has 11 nitrogen and oxygen atoms in total. The number of carbonyl (C=O) groups excluding carboxylic acids is 2. The molecule has 0 amide bonds. The van der Waals surface area contributed by atoms with E-state index in [1.165, 1.54) is 0 Å². The lowest BCUT2D eigenvalue weighted by Gasteiger charge is -2.33. The monoisotopic (exact) mass is 839 g/mol. The van der Waals surface area contributed by atoms with Crippen molar-refractivity contribution in [2.45, 2.75) is 97.0 Å². The molecule has 57 heavy (non-hydrogen) atoms. The van der Waals surface area contributed by atoms with Crippen LogP contribution in [0.15, 0.2) is 71.2 Å². The third-order valence-corrected chi connectivity index (χ3v) is 14.6. The molecule has 2 heterocycles. The van der Waals surface area contributed by atoms with E-state index in [4.69, 9.17) is 4.74 Å². The van der Waals surface area contributed by atoms with E-state index in [-0.39, 0.29) is 28.7 Å². The molecular formula is C43H57N2O9P2S-. The van der Waals surface area contributed by atoms with E-state index in [2.05, 4.69) is 32.7 Å².